The number of carboxylic acid groups (broad SMARTS) is 1. The van der Waals surface area contributed by atoms with Gasteiger partial charge in [-0.05, 0) is 41.2 Å². The van der Waals surface area contributed by atoms with Crippen molar-refractivity contribution in [1.29, 1.82) is 0 Å². The van der Waals surface area contributed by atoms with Gasteiger partial charge in [0.2, 0.25) is 0 Å². The molecule has 4 atom stereocenters. The molecule has 4 nitrogen and oxygen atoms in total. The van der Waals surface area contributed by atoms with Crippen molar-refractivity contribution in [2.75, 3.05) is 0 Å². The van der Waals surface area contributed by atoms with Crippen LogP contribution in [0, 0.1) is 11.2 Å². The van der Waals surface area contributed by atoms with E-state index in [1.54, 1.807) is 24.3 Å². The van der Waals surface area contributed by atoms with Crippen LogP contribution in [0.5, 0.6) is 0 Å². The quantitative estimate of drug-likeness (QED) is 0.541. The van der Waals surface area contributed by atoms with E-state index < -0.39 is 35.3 Å². The van der Waals surface area contributed by atoms with Gasteiger partial charge in [0.1, 0.15) is 11.9 Å². The number of nitrogens with one attached hydrogen (secondary N) is 1. The molecule has 0 aliphatic carbocycles. The van der Waals surface area contributed by atoms with Crippen molar-refractivity contribution in [3.8, 4) is 0 Å². The number of hydrogen-bond donors (Lipinski definition) is 3. The molecule has 0 bridgehead atoms. The molecule has 4 N–H and O–H groups in total. The largest absolute Gasteiger partial charge is 0.480 e. The highest BCUT2D eigenvalue weighted by Gasteiger charge is 2.58. The Balaban J connectivity index is 2.30. The Bertz CT molecular complexity index is 979. The molecule has 2 aromatic carbocycles. The van der Waals surface area contributed by atoms with Crippen molar-refractivity contribution in [2.24, 2.45) is 11.1 Å². The third kappa shape index (κ3) is 4.19. The van der Waals surface area contributed by atoms with E-state index in [0.717, 1.165) is 0 Å². The van der Waals surface area contributed by atoms with E-state index in [4.69, 9.17) is 40.5 Å². The summed E-state index contributed by atoms with van der Waals surface area (Å²) in [5.74, 6) is -2.77. The van der Waals surface area contributed by atoms with E-state index in [0.29, 0.717) is 22.0 Å². The average Bonchev–Trinajstić information content (AvgIpc) is 2.89. The van der Waals surface area contributed by atoms with E-state index in [9.17, 15) is 9.90 Å². The van der Waals surface area contributed by atoms with Gasteiger partial charge in [0.05, 0.1) is 10.6 Å². The van der Waals surface area contributed by atoms with Crippen molar-refractivity contribution < 1.29 is 14.3 Å². The topological polar surface area (TPSA) is 75.3 Å². The van der Waals surface area contributed by atoms with Crippen LogP contribution in [0.15, 0.2) is 36.4 Å². The molecule has 0 saturated carbocycles. The van der Waals surface area contributed by atoms with Crippen LogP contribution in [0.3, 0.4) is 0 Å². The van der Waals surface area contributed by atoms with Gasteiger partial charge in [0.25, 0.3) is 0 Å². The van der Waals surface area contributed by atoms with E-state index >= 15 is 4.39 Å². The number of aliphatic carboxylic acids is 1. The Labute approximate surface area is 190 Å². The van der Waals surface area contributed by atoms with E-state index in [1.165, 1.54) is 12.1 Å². The third-order valence-corrected chi connectivity index (χ3v) is 6.44. The Morgan fingerprint density at radius 3 is 2.43 bits per heavy atom. The Kier molecular flexibility index (Phi) is 6.43. The molecule has 2 aromatic rings. The zero-order valence-corrected chi connectivity index (χ0v) is 19.1. The lowest BCUT2D eigenvalue weighted by atomic mass is 9.68. The molecule has 1 fully saturated rings. The fourth-order valence-electron chi connectivity index (χ4n) is 4.39. The highest BCUT2D eigenvalue weighted by Crippen LogP contribution is 2.50. The standard InChI is InChI=1S/C22H24Cl3FN2O2/c1-21(2,3)10-16-22(27,13-8-7-11(23)9-15(13)25)17(19(28-16)20(29)30)12-5-4-6-14(24)18(12)26/h4-9,16-17,19,28H,10,27H2,1-3H3,(H,29,30). The first kappa shape index (κ1) is 23.3. The summed E-state index contributed by atoms with van der Waals surface area (Å²) >= 11 is 18.6. The van der Waals surface area contributed by atoms with Gasteiger partial charge in [-0.1, -0.05) is 73.8 Å². The number of carbonyl (C=O) groups is 1. The first-order valence-corrected chi connectivity index (χ1v) is 10.7. The van der Waals surface area contributed by atoms with E-state index in [-0.39, 0.29) is 16.0 Å². The van der Waals surface area contributed by atoms with Gasteiger partial charge in [-0.3, -0.25) is 10.1 Å². The van der Waals surface area contributed by atoms with Gasteiger partial charge in [0.15, 0.2) is 0 Å². The number of benzene rings is 2. The Hall–Kier alpha value is -1.37. The number of carboxylic acids is 1. The summed E-state index contributed by atoms with van der Waals surface area (Å²) in [6.45, 7) is 6.09. The zero-order chi connectivity index (χ0) is 22.4. The van der Waals surface area contributed by atoms with E-state index in [2.05, 4.69) is 5.32 Å². The van der Waals surface area contributed by atoms with Crippen LogP contribution in [-0.4, -0.2) is 23.2 Å². The van der Waals surface area contributed by atoms with Crippen LogP contribution < -0.4 is 11.1 Å². The lowest BCUT2D eigenvalue weighted by Gasteiger charge is -2.40. The van der Waals surface area contributed by atoms with Crippen molar-refractivity contribution in [3.63, 3.8) is 0 Å². The summed E-state index contributed by atoms with van der Waals surface area (Å²) in [7, 11) is 0. The van der Waals surface area contributed by atoms with Gasteiger partial charge >= 0.3 is 5.97 Å². The number of hydrogen-bond acceptors (Lipinski definition) is 3. The summed E-state index contributed by atoms with van der Waals surface area (Å²) < 4.78 is 15.1. The maximum Gasteiger partial charge on any atom is 0.321 e. The minimum atomic E-state index is -1.33. The number of halogens is 4. The van der Waals surface area contributed by atoms with Crippen LogP contribution in [0.1, 0.15) is 44.2 Å². The second-order valence-electron chi connectivity index (χ2n) is 8.98. The van der Waals surface area contributed by atoms with E-state index in [1.807, 2.05) is 20.8 Å². The van der Waals surface area contributed by atoms with Crippen molar-refractivity contribution in [1.82, 2.24) is 5.32 Å². The molecule has 8 heteroatoms. The van der Waals surface area contributed by atoms with Crippen molar-refractivity contribution in [2.45, 2.75) is 50.7 Å². The first-order valence-electron chi connectivity index (χ1n) is 9.53. The molecule has 4 unspecified atom stereocenters. The van der Waals surface area contributed by atoms with Gasteiger partial charge in [0, 0.05) is 22.0 Å². The van der Waals surface area contributed by atoms with Gasteiger partial charge in [-0.15, -0.1) is 0 Å². The normalized spacial score (nSPS) is 26.7. The van der Waals surface area contributed by atoms with Gasteiger partial charge in [-0.2, -0.15) is 0 Å². The summed E-state index contributed by atoms with van der Waals surface area (Å²) in [4.78, 5) is 12.2. The molecule has 0 amide bonds. The fraction of sp³-hybridized carbons (Fsp3) is 0.409. The molecule has 1 aliphatic rings. The van der Waals surface area contributed by atoms with Gasteiger partial charge in [-0.25, -0.2) is 4.39 Å². The maximum atomic E-state index is 15.1. The SMILES string of the molecule is CC(C)(C)CC1NC(C(=O)O)C(c2cccc(Cl)c2F)C1(N)c1ccc(Cl)cc1Cl. The smallest absolute Gasteiger partial charge is 0.321 e. The molecule has 162 valence electrons. The second kappa shape index (κ2) is 8.29. The van der Waals surface area contributed by atoms with Gasteiger partial charge < -0.3 is 10.8 Å². The summed E-state index contributed by atoms with van der Waals surface area (Å²) in [5.41, 5.74) is 6.16. The maximum absolute atomic E-state index is 15.1. The molecule has 30 heavy (non-hydrogen) atoms. The molecule has 3 rings (SSSR count). The lowest BCUT2D eigenvalue weighted by Crippen LogP contribution is -2.52. The fourth-order valence-corrected chi connectivity index (χ4v) is 5.14. The lowest BCUT2D eigenvalue weighted by molar-refractivity contribution is -0.139. The molecule has 1 aliphatic heterocycles. The minimum Gasteiger partial charge on any atom is -0.480 e. The van der Waals surface area contributed by atoms with Crippen molar-refractivity contribution in [3.05, 3.63) is 68.4 Å². The summed E-state index contributed by atoms with van der Waals surface area (Å²) in [5, 5.41) is 13.8. The molecule has 0 aromatic heterocycles. The van der Waals surface area contributed by atoms with Crippen LogP contribution >= 0.6 is 34.8 Å². The van der Waals surface area contributed by atoms with Crippen LogP contribution in [0.2, 0.25) is 15.1 Å². The highest BCUT2D eigenvalue weighted by molar-refractivity contribution is 6.35. The monoisotopic (exact) mass is 472 g/mol. The second-order valence-corrected chi connectivity index (χ2v) is 10.2. The number of nitrogens with two attached hydrogens (primary N) is 1. The minimum absolute atomic E-state index is 0.0968. The van der Waals surface area contributed by atoms with Crippen LogP contribution in [-0.2, 0) is 10.3 Å². The highest BCUT2D eigenvalue weighted by atomic mass is 35.5. The summed E-state index contributed by atoms with van der Waals surface area (Å²) in [6.07, 6.45) is 0.533. The average molecular weight is 474 g/mol. The molecule has 1 saturated heterocycles. The molecule has 0 radical (unpaired) electrons. The molecular formula is C22H24Cl3FN2O2. The third-order valence-electron chi connectivity index (χ3n) is 5.60. The Morgan fingerprint density at radius 1 is 1.20 bits per heavy atom. The molecule has 1 heterocycles. The summed E-state index contributed by atoms with van der Waals surface area (Å²) in [6, 6.07) is 7.77. The van der Waals surface area contributed by atoms with Crippen molar-refractivity contribution >= 4 is 40.8 Å². The predicted octanol–water partition coefficient (Wildman–Crippen LogP) is 5.58. The zero-order valence-electron chi connectivity index (χ0n) is 16.8. The van der Waals surface area contributed by atoms with Crippen LogP contribution in [0.4, 0.5) is 4.39 Å². The predicted molar refractivity (Wildman–Crippen MR) is 119 cm³/mol. The molecular weight excluding hydrogens is 450 g/mol. The Morgan fingerprint density at radius 2 is 1.87 bits per heavy atom. The molecule has 0 spiro atoms. The number of rotatable bonds is 4. The van der Waals surface area contributed by atoms with Crippen LogP contribution in [0.25, 0.3) is 0 Å². The first-order chi connectivity index (χ1) is 13.9.